The lowest BCUT2D eigenvalue weighted by Crippen LogP contribution is -2.63. The number of aliphatic hydroxyl groups excluding tert-OH is 2. The summed E-state index contributed by atoms with van der Waals surface area (Å²) < 4.78 is 17.2. The standard InChI is InChI=1S/C30H35NO6/c1-30(2)27(35-3)25(32)26(33)29(37-30)36-22-16-17-23(21-14-8-5-9-15-21)24(19-22)28(34)31-18-10-13-20-11-6-4-7-12-20/h4-9,11-12,14-17,19,25-27,29,32-33H,10,13,18H2,1-3H3,(H,31,34)/t25-,26+,27+,29+/m0/s1. The van der Waals surface area contributed by atoms with Crippen LogP contribution in [0.5, 0.6) is 5.75 Å². The number of methoxy groups -OCH3 is 1. The molecule has 0 aromatic heterocycles. The van der Waals surface area contributed by atoms with Crippen LogP contribution in [0.3, 0.4) is 0 Å². The second kappa shape index (κ2) is 11.9. The Morgan fingerprint density at radius 2 is 1.65 bits per heavy atom. The van der Waals surface area contributed by atoms with E-state index in [4.69, 9.17) is 14.2 Å². The predicted molar refractivity (Wildman–Crippen MR) is 141 cm³/mol. The Morgan fingerprint density at radius 1 is 0.973 bits per heavy atom. The molecule has 4 atom stereocenters. The average molecular weight is 506 g/mol. The molecule has 37 heavy (non-hydrogen) atoms. The van der Waals surface area contributed by atoms with Gasteiger partial charge >= 0.3 is 0 Å². The van der Waals surface area contributed by atoms with Gasteiger partial charge in [-0.25, -0.2) is 0 Å². The molecule has 0 spiro atoms. The number of hydrogen-bond donors (Lipinski definition) is 3. The Labute approximate surface area is 218 Å². The summed E-state index contributed by atoms with van der Waals surface area (Å²) in [6.45, 7) is 4.05. The number of amides is 1. The summed E-state index contributed by atoms with van der Waals surface area (Å²) in [6.07, 6.45) is -2.71. The highest BCUT2D eigenvalue weighted by atomic mass is 16.7. The minimum Gasteiger partial charge on any atom is -0.462 e. The first kappa shape index (κ1) is 26.8. The summed E-state index contributed by atoms with van der Waals surface area (Å²) in [5.74, 6) is 0.124. The summed E-state index contributed by atoms with van der Waals surface area (Å²) in [5.41, 5.74) is 2.43. The Balaban J connectivity index is 1.52. The van der Waals surface area contributed by atoms with Gasteiger partial charge in [0.15, 0.2) is 0 Å². The second-order valence-corrected chi connectivity index (χ2v) is 9.76. The summed E-state index contributed by atoms with van der Waals surface area (Å²) in [7, 11) is 1.46. The van der Waals surface area contributed by atoms with Crippen molar-refractivity contribution < 1.29 is 29.2 Å². The van der Waals surface area contributed by atoms with Gasteiger partial charge < -0.3 is 29.7 Å². The number of benzene rings is 3. The monoisotopic (exact) mass is 505 g/mol. The number of aliphatic hydroxyl groups is 2. The molecule has 1 aliphatic rings. The highest BCUT2D eigenvalue weighted by molar-refractivity contribution is 6.01. The van der Waals surface area contributed by atoms with Crippen molar-refractivity contribution in [1.82, 2.24) is 5.32 Å². The zero-order chi connectivity index (χ0) is 26.4. The molecule has 0 unspecified atom stereocenters. The van der Waals surface area contributed by atoms with Gasteiger partial charge in [-0.15, -0.1) is 0 Å². The van der Waals surface area contributed by atoms with Crippen LogP contribution >= 0.6 is 0 Å². The molecule has 7 heteroatoms. The van der Waals surface area contributed by atoms with Crippen LogP contribution in [0.25, 0.3) is 11.1 Å². The van der Waals surface area contributed by atoms with Crippen molar-refractivity contribution in [2.75, 3.05) is 13.7 Å². The molecule has 1 aliphatic heterocycles. The van der Waals surface area contributed by atoms with Gasteiger partial charge in [-0.05, 0) is 61.6 Å². The van der Waals surface area contributed by atoms with Crippen molar-refractivity contribution in [2.24, 2.45) is 0 Å². The molecule has 0 radical (unpaired) electrons. The number of aryl methyl sites for hydroxylation is 1. The fourth-order valence-electron chi connectivity index (χ4n) is 4.73. The lowest BCUT2D eigenvalue weighted by molar-refractivity contribution is -0.305. The van der Waals surface area contributed by atoms with Crippen LogP contribution in [-0.4, -0.2) is 60.0 Å². The largest absolute Gasteiger partial charge is 0.462 e. The van der Waals surface area contributed by atoms with E-state index in [9.17, 15) is 15.0 Å². The third kappa shape index (κ3) is 6.37. The first-order chi connectivity index (χ1) is 17.8. The van der Waals surface area contributed by atoms with Crippen LogP contribution in [0.4, 0.5) is 0 Å². The highest BCUT2D eigenvalue weighted by Gasteiger charge is 2.50. The fraction of sp³-hybridized carbons (Fsp3) is 0.367. The van der Waals surface area contributed by atoms with Crippen molar-refractivity contribution in [1.29, 1.82) is 0 Å². The van der Waals surface area contributed by atoms with Crippen molar-refractivity contribution in [3.63, 3.8) is 0 Å². The Bertz CT molecular complexity index is 1170. The van der Waals surface area contributed by atoms with Crippen LogP contribution in [-0.2, 0) is 15.9 Å². The Hall–Kier alpha value is -3.23. The molecular weight excluding hydrogens is 470 g/mol. The first-order valence-corrected chi connectivity index (χ1v) is 12.5. The molecule has 4 rings (SSSR count). The van der Waals surface area contributed by atoms with E-state index in [1.807, 2.05) is 54.6 Å². The summed E-state index contributed by atoms with van der Waals surface area (Å²) in [6, 6.07) is 25.0. The van der Waals surface area contributed by atoms with Gasteiger partial charge in [0, 0.05) is 13.7 Å². The maximum atomic E-state index is 13.3. The Kier molecular flexibility index (Phi) is 8.61. The van der Waals surface area contributed by atoms with E-state index in [2.05, 4.69) is 17.4 Å². The van der Waals surface area contributed by atoms with Crippen LogP contribution in [0.15, 0.2) is 78.9 Å². The number of rotatable bonds is 9. The molecule has 1 fully saturated rings. The molecule has 3 N–H and O–H groups in total. The number of nitrogens with one attached hydrogen (secondary N) is 1. The quantitative estimate of drug-likeness (QED) is 0.381. The highest BCUT2D eigenvalue weighted by Crippen LogP contribution is 2.34. The Morgan fingerprint density at radius 3 is 2.32 bits per heavy atom. The molecule has 1 amide bonds. The van der Waals surface area contributed by atoms with Crippen molar-refractivity contribution in [2.45, 2.75) is 56.9 Å². The van der Waals surface area contributed by atoms with E-state index in [0.717, 1.165) is 24.0 Å². The summed E-state index contributed by atoms with van der Waals surface area (Å²) in [5, 5.41) is 24.2. The average Bonchev–Trinajstić information content (AvgIpc) is 2.90. The SMILES string of the molecule is CO[C@@H]1[C@@H](O)[C@@H](O)[C@H](Oc2ccc(-c3ccccc3)c(C(=O)NCCCc3ccccc3)c2)OC1(C)C. The van der Waals surface area contributed by atoms with E-state index in [0.29, 0.717) is 17.9 Å². The van der Waals surface area contributed by atoms with Gasteiger partial charge in [-0.3, -0.25) is 4.79 Å². The zero-order valence-electron chi connectivity index (χ0n) is 21.5. The van der Waals surface area contributed by atoms with Gasteiger partial charge in [0.05, 0.1) is 11.2 Å². The predicted octanol–water partition coefficient (Wildman–Crippen LogP) is 3.97. The molecule has 3 aromatic carbocycles. The number of carbonyl (C=O) groups is 1. The molecule has 7 nitrogen and oxygen atoms in total. The van der Waals surface area contributed by atoms with Gasteiger partial charge in [-0.1, -0.05) is 60.7 Å². The second-order valence-electron chi connectivity index (χ2n) is 9.76. The molecule has 1 saturated heterocycles. The fourth-order valence-corrected chi connectivity index (χ4v) is 4.73. The number of hydrogen-bond acceptors (Lipinski definition) is 6. The summed E-state index contributed by atoms with van der Waals surface area (Å²) in [4.78, 5) is 13.3. The number of ether oxygens (including phenoxy) is 3. The molecule has 0 saturated carbocycles. The molecule has 1 heterocycles. The lowest BCUT2D eigenvalue weighted by Gasteiger charge is -2.46. The van der Waals surface area contributed by atoms with Crippen molar-refractivity contribution in [3.05, 3.63) is 90.0 Å². The van der Waals surface area contributed by atoms with Crippen molar-refractivity contribution >= 4 is 5.91 Å². The van der Waals surface area contributed by atoms with Gasteiger partial charge in [0.1, 0.15) is 24.1 Å². The molecule has 0 aliphatic carbocycles. The zero-order valence-corrected chi connectivity index (χ0v) is 21.5. The molecule has 196 valence electrons. The van der Waals surface area contributed by atoms with E-state index in [1.54, 1.807) is 26.0 Å². The van der Waals surface area contributed by atoms with E-state index in [-0.39, 0.29) is 5.91 Å². The van der Waals surface area contributed by atoms with Crippen LogP contribution in [0, 0.1) is 0 Å². The molecule has 0 bridgehead atoms. The van der Waals surface area contributed by atoms with Crippen LogP contribution in [0.2, 0.25) is 0 Å². The minimum absolute atomic E-state index is 0.220. The van der Waals surface area contributed by atoms with Crippen molar-refractivity contribution in [3.8, 4) is 16.9 Å². The topological polar surface area (TPSA) is 97.3 Å². The normalized spacial score (nSPS) is 22.8. The van der Waals surface area contributed by atoms with Crippen LogP contribution < -0.4 is 10.1 Å². The molecular formula is C30H35NO6. The van der Waals surface area contributed by atoms with Gasteiger partial charge in [0.2, 0.25) is 6.29 Å². The van der Waals surface area contributed by atoms with E-state index >= 15 is 0 Å². The van der Waals surface area contributed by atoms with E-state index in [1.165, 1.54) is 12.7 Å². The number of carbonyl (C=O) groups excluding carboxylic acids is 1. The molecule has 3 aromatic rings. The smallest absolute Gasteiger partial charge is 0.252 e. The minimum atomic E-state index is -1.33. The van der Waals surface area contributed by atoms with E-state index < -0.39 is 30.2 Å². The lowest BCUT2D eigenvalue weighted by atomic mass is 9.89. The van der Waals surface area contributed by atoms with Gasteiger partial charge in [-0.2, -0.15) is 0 Å². The van der Waals surface area contributed by atoms with Crippen LogP contribution in [0.1, 0.15) is 36.2 Å². The third-order valence-corrected chi connectivity index (χ3v) is 6.64. The first-order valence-electron chi connectivity index (χ1n) is 12.5. The maximum absolute atomic E-state index is 13.3. The third-order valence-electron chi connectivity index (χ3n) is 6.64. The summed E-state index contributed by atoms with van der Waals surface area (Å²) >= 11 is 0. The van der Waals surface area contributed by atoms with Gasteiger partial charge in [0.25, 0.3) is 5.91 Å². The maximum Gasteiger partial charge on any atom is 0.252 e.